The minimum absolute atomic E-state index is 0.189. The van der Waals surface area contributed by atoms with Crippen molar-refractivity contribution in [2.45, 2.75) is 64.8 Å². The van der Waals surface area contributed by atoms with Crippen molar-refractivity contribution in [1.82, 2.24) is 10.2 Å². The number of carbonyl (C=O) groups excluding carboxylic acids is 1. The molecule has 0 aliphatic heterocycles. The monoisotopic (exact) mass is 283 g/mol. The third-order valence-corrected chi connectivity index (χ3v) is 4.79. The van der Waals surface area contributed by atoms with E-state index in [1.807, 2.05) is 0 Å². The first-order valence-electron chi connectivity index (χ1n) is 8.20. The Morgan fingerprint density at radius 1 is 1.25 bits per heavy atom. The summed E-state index contributed by atoms with van der Waals surface area (Å²) in [6.07, 6.45) is 7.69. The molecular weight excluding hydrogens is 250 g/mol. The maximum absolute atomic E-state index is 12.5. The van der Waals surface area contributed by atoms with E-state index in [0.29, 0.717) is 12.6 Å². The van der Waals surface area contributed by atoms with Gasteiger partial charge in [0.15, 0.2) is 0 Å². The Labute approximate surface area is 124 Å². The number of nitrogens with one attached hydrogen (secondary N) is 1. The van der Waals surface area contributed by atoms with Crippen LogP contribution in [0, 0.1) is 5.41 Å². The molecule has 0 aromatic rings. The second kappa shape index (κ2) is 8.63. The first-order valence-corrected chi connectivity index (χ1v) is 8.20. The number of nitrogens with zero attached hydrogens (tertiary/aromatic N) is 1. The molecule has 1 aliphatic rings. The quantitative estimate of drug-likeness (QED) is 0.556. The van der Waals surface area contributed by atoms with Crippen LogP contribution >= 0.6 is 0 Å². The third kappa shape index (κ3) is 5.06. The van der Waals surface area contributed by atoms with Gasteiger partial charge in [0, 0.05) is 19.1 Å². The molecule has 4 heteroatoms. The van der Waals surface area contributed by atoms with Crippen molar-refractivity contribution >= 4 is 5.91 Å². The lowest BCUT2D eigenvalue weighted by Gasteiger charge is -2.30. The SMILES string of the molecule is CC(C)N(C)CCCNC(=O)C1(CN)CCCCCC1. The number of nitrogens with two attached hydrogens (primary N) is 1. The molecule has 0 atom stereocenters. The van der Waals surface area contributed by atoms with Crippen molar-refractivity contribution in [2.75, 3.05) is 26.7 Å². The molecule has 4 nitrogen and oxygen atoms in total. The smallest absolute Gasteiger partial charge is 0.227 e. The fraction of sp³-hybridized carbons (Fsp3) is 0.938. The van der Waals surface area contributed by atoms with Gasteiger partial charge in [-0.2, -0.15) is 0 Å². The Hall–Kier alpha value is -0.610. The molecular formula is C16H33N3O. The van der Waals surface area contributed by atoms with Crippen LogP contribution in [-0.4, -0.2) is 43.5 Å². The van der Waals surface area contributed by atoms with Crippen LogP contribution in [0.15, 0.2) is 0 Å². The second-order valence-electron chi connectivity index (χ2n) is 6.58. The molecule has 0 aromatic carbocycles. The molecule has 1 saturated carbocycles. The van der Waals surface area contributed by atoms with Crippen LogP contribution in [0.5, 0.6) is 0 Å². The Morgan fingerprint density at radius 2 is 1.85 bits per heavy atom. The van der Waals surface area contributed by atoms with E-state index in [0.717, 1.165) is 45.2 Å². The molecule has 20 heavy (non-hydrogen) atoms. The zero-order valence-corrected chi connectivity index (χ0v) is 13.6. The van der Waals surface area contributed by atoms with Crippen molar-refractivity contribution < 1.29 is 4.79 Å². The lowest BCUT2D eigenvalue weighted by molar-refractivity contribution is -0.131. The molecule has 0 saturated heterocycles. The summed E-state index contributed by atoms with van der Waals surface area (Å²) in [5, 5.41) is 3.12. The van der Waals surface area contributed by atoms with Gasteiger partial charge in [-0.05, 0) is 46.7 Å². The average Bonchev–Trinajstić information content (AvgIpc) is 2.69. The summed E-state index contributed by atoms with van der Waals surface area (Å²) >= 11 is 0. The average molecular weight is 283 g/mol. The Bertz CT molecular complexity index is 283. The number of rotatable bonds is 7. The van der Waals surface area contributed by atoms with E-state index < -0.39 is 0 Å². The van der Waals surface area contributed by atoms with Crippen LogP contribution < -0.4 is 11.1 Å². The molecule has 0 spiro atoms. The molecule has 1 aliphatic carbocycles. The zero-order valence-electron chi connectivity index (χ0n) is 13.6. The summed E-state index contributed by atoms with van der Waals surface area (Å²) < 4.78 is 0. The minimum atomic E-state index is -0.291. The summed E-state index contributed by atoms with van der Waals surface area (Å²) in [7, 11) is 2.12. The Balaban J connectivity index is 2.36. The third-order valence-electron chi connectivity index (χ3n) is 4.79. The molecule has 3 N–H and O–H groups in total. The van der Waals surface area contributed by atoms with E-state index in [4.69, 9.17) is 5.73 Å². The fourth-order valence-corrected chi connectivity index (χ4v) is 2.91. The van der Waals surface area contributed by atoms with Gasteiger partial charge < -0.3 is 16.0 Å². The van der Waals surface area contributed by atoms with Gasteiger partial charge in [0.25, 0.3) is 0 Å². The molecule has 1 fully saturated rings. The number of carbonyl (C=O) groups is 1. The Kier molecular flexibility index (Phi) is 7.52. The molecule has 0 bridgehead atoms. The number of hydrogen-bond donors (Lipinski definition) is 2. The van der Waals surface area contributed by atoms with Crippen molar-refractivity contribution in [3.63, 3.8) is 0 Å². The van der Waals surface area contributed by atoms with Gasteiger partial charge in [0.2, 0.25) is 5.91 Å². The fourth-order valence-electron chi connectivity index (χ4n) is 2.91. The first kappa shape index (κ1) is 17.4. The summed E-state index contributed by atoms with van der Waals surface area (Å²) in [5.74, 6) is 0.189. The first-order chi connectivity index (χ1) is 9.52. The van der Waals surface area contributed by atoms with E-state index in [9.17, 15) is 4.79 Å². The highest BCUT2D eigenvalue weighted by Gasteiger charge is 2.36. The molecule has 0 aromatic heterocycles. The van der Waals surface area contributed by atoms with Crippen molar-refractivity contribution in [3.8, 4) is 0 Å². The van der Waals surface area contributed by atoms with Gasteiger partial charge in [-0.25, -0.2) is 0 Å². The van der Waals surface area contributed by atoms with Crippen LogP contribution in [0.25, 0.3) is 0 Å². The maximum Gasteiger partial charge on any atom is 0.227 e. The van der Waals surface area contributed by atoms with Gasteiger partial charge in [-0.1, -0.05) is 25.7 Å². The van der Waals surface area contributed by atoms with E-state index in [1.54, 1.807) is 0 Å². The largest absolute Gasteiger partial charge is 0.356 e. The van der Waals surface area contributed by atoms with Gasteiger partial charge >= 0.3 is 0 Å². The van der Waals surface area contributed by atoms with E-state index >= 15 is 0 Å². The van der Waals surface area contributed by atoms with E-state index in [2.05, 4.69) is 31.1 Å². The topological polar surface area (TPSA) is 58.4 Å². The summed E-state index contributed by atoms with van der Waals surface area (Å²) in [6, 6.07) is 0.558. The summed E-state index contributed by atoms with van der Waals surface area (Å²) in [6.45, 7) is 6.65. The van der Waals surface area contributed by atoms with Crippen molar-refractivity contribution in [1.29, 1.82) is 0 Å². The van der Waals surface area contributed by atoms with Crippen LogP contribution in [0.2, 0.25) is 0 Å². The molecule has 118 valence electrons. The molecule has 0 heterocycles. The molecule has 1 rings (SSSR count). The standard InChI is InChI=1S/C16H33N3O/c1-14(2)19(3)12-8-11-18-15(20)16(13-17)9-6-4-5-7-10-16/h14H,4-13,17H2,1-3H3,(H,18,20). The Morgan fingerprint density at radius 3 is 2.35 bits per heavy atom. The number of hydrogen-bond acceptors (Lipinski definition) is 3. The summed E-state index contributed by atoms with van der Waals surface area (Å²) in [5.41, 5.74) is 5.64. The maximum atomic E-state index is 12.5. The van der Waals surface area contributed by atoms with Crippen LogP contribution in [0.4, 0.5) is 0 Å². The van der Waals surface area contributed by atoms with Gasteiger partial charge in [0.1, 0.15) is 0 Å². The van der Waals surface area contributed by atoms with Crippen LogP contribution in [0.3, 0.4) is 0 Å². The minimum Gasteiger partial charge on any atom is -0.356 e. The number of amides is 1. The molecule has 0 unspecified atom stereocenters. The highest BCUT2D eigenvalue weighted by molar-refractivity contribution is 5.82. The van der Waals surface area contributed by atoms with Crippen LogP contribution in [0.1, 0.15) is 58.8 Å². The second-order valence-corrected chi connectivity index (χ2v) is 6.58. The van der Waals surface area contributed by atoms with E-state index in [1.165, 1.54) is 12.8 Å². The van der Waals surface area contributed by atoms with Gasteiger partial charge in [0.05, 0.1) is 5.41 Å². The molecule has 0 radical (unpaired) electrons. The van der Waals surface area contributed by atoms with Crippen LogP contribution in [-0.2, 0) is 4.79 Å². The van der Waals surface area contributed by atoms with E-state index in [-0.39, 0.29) is 11.3 Å². The lowest BCUT2D eigenvalue weighted by Crippen LogP contribution is -2.46. The van der Waals surface area contributed by atoms with Gasteiger partial charge in [-0.15, -0.1) is 0 Å². The molecule has 1 amide bonds. The normalized spacial score (nSPS) is 19.1. The highest BCUT2D eigenvalue weighted by Crippen LogP contribution is 2.34. The summed E-state index contributed by atoms with van der Waals surface area (Å²) in [4.78, 5) is 14.8. The predicted molar refractivity (Wildman–Crippen MR) is 84.6 cm³/mol. The van der Waals surface area contributed by atoms with Gasteiger partial charge in [-0.3, -0.25) is 4.79 Å². The van der Waals surface area contributed by atoms with Crippen molar-refractivity contribution in [2.24, 2.45) is 11.1 Å². The van der Waals surface area contributed by atoms with Crippen molar-refractivity contribution in [3.05, 3.63) is 0 Å². The highest BCUT2D eigenvalue weighted by atomic mass is 16.2. The zero-order chi connectivity index (χ0) is 15.0. The lowest BCUT2D eigenvalue weighted by atomic mass is 9.79. The predicted octanol–water partition coefficient (Wildman–Crippen LogP) is 2.13.